The number of rotatable bonds is 13. The molecule has 11 heteroatoms. The quantitative estimate of drug-likeness (QED) is 0.223. The fourth-order valence-electron chi connectivity index (χ4n) is 2.78. The van der Waals surface area contributed by atoms with Crippen LogP contribution >= 0.6 is 0 Å². The first-order chi connectivity index (χ1) is 14.2. The van der Waals surface area contributed by atoms with E-state index < -0.39 is 60.2 Å². The van der Waals surface area contributed by atoms with Gasteiger partial charge in [0.1, 0.15) is 18.1 Å². The first kappa shape index (κ1) is 28.3. The smallest absolute Gasteiger partial charge is 0.326 e. The van der Waals surface area contributed by atoms with Crippen LogP contribution in [0.1, 0.15) is 54.4 Å². The summed E-state index contributed by atoms with van der Waals surface area (Å²) >= 11 is 0. The number of carboxylic acid groups (broad SMARTS) is 2. The van der Waals surface area contributed by atoms with Crippen LogP contribution in [0.2, 0.25) is 0 Å². The summed E-state index contributed by atoms with van der Waals surface area (Å²) in [6.07, 6.45) is -0.0600. The number of nitrogens with two attached hydrogens (primary N) is 1. The van der Waals surface area contributed by atoms with Gasteiger partial charge in [0.25, 0.3) is 0 Å². The topological polar surface area (TPSA) is 188 Å². The van der Waals surface area contributed by atoms with E-state index >= 15 is 0 Å². The monoisotopic (exact) mass is 444 g/mol. The van der Waals surface area contributed by atoms with Crippen molar-refractivity contribution in [3.8, 4) is 0 Å². The van der Waals surface area contributed by atoms with Gasteiger partial charge in [0.05, 0.1) is 12.5 Å². The van der Waals surface area contributed by atoms with Crippen LogP contribution in [0.25, 0.3) is 0 Å². The Hall–Kier alpha value is -2.69. The molecule has 0 saturated heterocycles. The molecular formula is C20H36N4O7. The lowest BCUT2D eigenvalue weighted by Crippen LogP contribution is -2.60. The van der Waals surface area contributed by atoms with E-state index in [4.69, 9.17) is 10.8 Å². The van der Waals surface area contributed by atoms with Crippen LogP contribution in [0.4, 0.5) is 0 Å². The van der Waals surface area contributed by atoms with Crippen molar-refractivity contribution < 1.29 is 34.2 Å². The van der Waals surface area contributed by atoms with Crippen molar-refractivity contribution in [3.63, 3.8) is 0 Å². The van der Waals surface area contributed by atoms with Gasteiger partial charge in [-0.3, -0.25) is 19.2 Å². The molecule has 5 atom stereocenters. The largest absolute Gasteiger partial charge is 0.481 e. The van der Waals surface area contributed by atoms with E-state index in [1.165, 1.54) is 0 Å². The third-order valence-electron chi connectivity index (χ3n) is 5.00. The predicted octanol–water partition coefficient (Wildman–Crippen LogP) is -0.314. The standard InChI is InChI=1S/C20H36N4O7/c1-7-11(6)16(20(30)31)24-19(29)15(10(4)5)23-18(28)14(9(2)3)22-17(27)12(21)8-13(25)26/h9-12,14-16H,7-8,21H2,1-6H3,(H,22,27)(H,23,28)(H,24,29)(H,25,26)(H,30,31). The minimum absolute atomic E-state index is 0.316. The molecule has 0 heterocycles. The second-order valence-corrected chi connectivity index (χ2v) is 8.37. The molecule has 0 aromatic carbocycles. The van der Waals surface area contributed by atoms with Crippen molar-refractivity contribution in [1.29, 1.82) is 0 Å². The molecule has 0 aliphatic carbocycles. The summed E-state index contributed by atoms with van der Waals surface area (Å²) in [7, 11) is 0. The van der Waals surface area contributed by atoms with Crippen LogP contribution in [0, 0.1) is 17.8 Å². The highest BCUT2D eigenvalue weighted by atomic mass is 16.4. The van der Waals surface area contributed by atoms with Crippen LogP contribution in [-0.2, 0) is 24.0 Å². The normalized spacial score (nSPS) is 16.0. The van der Waals surface area contributed by atoms with Crippen molar-refractivity contribution in [2.45, 2.75) is 78.6 Å². The molecule has 31 heavy (non-hydrogen) atoms. The van der Waals surface area contributed by atoms with Gasteiger partial charge in [-0.2, -0.15) is 0 Å². The molecule has 0 spiro atoms. The zero-order chi connectivity index (χ0) is 24.5. The molecule has 0 saturated carbocycles. The summed E-state index contributed by atoms with van der Waals surface area (Å²) in [5.74, 6) is -5.59. The van der Waals surface area contributed by atoms with Crippen LogP contribution in [-0.4, -0.2) is 64.0 Å². The number of aliphatic carboxylic acids is 2. The summed E-state index contributed by atoms with van der Waals surface area (Å²) in [6, 6.07) is -4.54. The third kappa shape index (κ3) is 9.33. The number of nitrogens with one attached hydrogen (secondary N) is 3. The summed E-state index contributed by atoms with van der Waals surface area (Å²) in [5, 5.41) is 25.6. The SMILES string of the molecule is CCC(C)C(NC(=O)C(NC(=O)C(NC(=O)C(N)CC(=O)O)C(C)C)C(C)C)C(=O)O. The van der Waals surface area contributed by atoms with E-state index in [0.29, 0.717) is 6.42 Å². The van der Waals surface area contributed by atoms with Crippen molar-refractivity contribution in [3.05, 3.63) is 0 Å². The van der Waals surface area contributed by atoms with Crippen molar-refractivity contribution in [2.24, 2.45) is 23.5 Å². The molecule has 0 aromatic heterocycles. The van der Waals surface area contributed by atoms with Gasteiger partial charge in [-0.1, -0.05) is 48.0 Å². The minimum Gasteiger partial charge on any atom is -0.481 e. The lowest BCUT2D eigenvalue weighted by Gasteiger charge is -2.29. The highest BCUT2D eigenvalue weighted by Gasteiger charge is 2.34. The first-order valence-electron chi connectivity index (χ1n) is 10.3. The molecule has 0 radical (unpaired) electrons. The van der Waals surface area contributed by atoms with Gasteiger partial charge in [0.2, 0.25) is 17.7 Å². The molecule has 0 rings (SSSR count). The third-order valence-corrected chi connectivity index (χ3v) is 5.00. The Bertz CT molecular complexity index is 666. The molecule has 178 valence electrons. The van der Waals surface area contributed by atoms with Crippen LogP contribution < -0.4 is 21.7 Å². The Labute approximate surface area is 182 Å². The Balaban J connectivity index is 5.41. The maximum absolute atomic E-state index is 12.8. The molecule has 0 fully saturated rings. The second kappa shape index (κ2) is 12.9. The molecule has 7 N–H and O–H groups in total. The van der Waals surface area contributed by atoms with Crippen molar-refractivity contribution >= 4 is 29.7 Å². The first-order valence-corrected chi connectivity index (χ1v) is 10.3. The van der Waals surface area contributed by atoms with E-state index in [0.717, 1.165) is 0 Å². The van der Waals surface area contributed by atoms with Gasteiger partial charge in [0, 0.05) is 0 Å². The van der Waals surface area contributed by atoms with Gasteiger partial charge >= 0.3 is 11.9 Å². The lowest BCUT2D eigenvalue weighted by atomic mass is 9.96. The molecular weight excluding hydrogens is 408 g/mol. The number of carbonyl (C=O) groups excluding carboxylic acids is 3. The van der Waals surface area contributed by atoms with E-state index in [1.807, 2.05) is 0 Å². The van der Waals surface area contributed by atoms with Crippen molar-refractivity contribution in [1.82, 2.24) is 16.0 Å². The maximum atomic E-state index is 12.8. The number of carbonyl (C=O) groups is 5. The fourth-order valence-corrected chi connectivity index (χ4v) is 2.78. The highest BCUT2D eigenvalue weighted by molar-refractivity contribution is 5.95. The molecule has 0 bridgehead atoms. The summed E-state index contributed by atoms with van der Waals surface area (Å²) in [5.41, 5.74) is 5.54. The Morgan fingerprint density at radius 1 is 0.742 bits per heavy atom. The Morgan fingerprint density at radius 2 is 1.13 bits per heavy atom. The van der Waals surface area contributed by atoms with Gasteiger partial charge < -0.3 is 31.9 Å². The number of amides is 3. The zero-order valence-electron chi connectivity index (χ0n) is 19.0. The zero-order valence-corrected chi connectivity index (χ0v) is 19.0. The van der Waals surface area contributed by atoms with Gasteiger partial charge in [-0.05, 0) is 17.8 Å². The number of hydrogen-bond donors (Lipinski definition) is 6. The molecule has 0 aromatic rings. The fraction of sp³-hybridized carbons (Fsp3) is 0.750. The molecule has 0 aliphatic rings. The second-order valence-electron chi connectivity index (χ2n) is 8.37. The lowest BCUT2D eigenvalue weighted by molar-refractivity contribution is -0.144. The number of carboxylic acids is 2. The number of hydrogen-bond acceptors (Lipinski definition) is 6. The van der Waals surface area contributed by atoms with Crippen LogP contribution in [0.3, 0.4) is 0 Å². The van der Waals surface area contributed by atoms with E-state index in [9.17, 15) is 29.1 Å². The Morgan fingerprint density at radius 3 is 1.45 bits per heavy atom. The highest BCUT2D eigenvalue weighted by Crippen LogP contribution is 2.11. The average Bonchev–Trinajstić information content (AvgIpc) is 2.65. The average molecular weight is 445 g/mol. The molecule has 5 unspecified atom stereocenters. The summed E-state index contributed by atoms with van der Waals surface area (Å²) in [6.45, 7) is 10.2. The van der Waals surface area contributed by atoms with Gasteiger partial charge in [0.15, 0.2) is 0 Å². The van der Waals surface area contributed by atoms with Gasteiger partial charge in [-0.25, -0.2) is 4.79 Å². The summed E-state index contributed by atoms with van der Waals surface area (Å²) < 4.78 is 0. The molecule has 11 nitrogen and oxygen atoms in total. The van der Waals surface area contributed by atoms with Crippen LogP contribution in [0.5, 0.6) is 0 Å². The molecule has 3 amide bonds. The van der Waals surface area contributed by atoms with Crippen molar-refractivity contribution in [2.75, 3.05) is 0 Å². The minimum atomic E-state index is -1.33. The van der Waals surface area contributed by atoms with E-state index in [2.05, 4.69) is 16.0 Å². The predicted molar refractivity (Wildman–Crippen MR) is 113 cm³/mol. The van der Waals surface area contributed by atoms with Crippen LogP contribution in [0.15, 0.2) is 0 Å². The Kier molecular flexibility index (Phi) is 11.8. The van der Waals surface area contributed by atoms with E-state index in [-0.39, 0.29) is 17.8 Å². The molecule has 0 aliphatic heterocycles. The van der Waals surface area contributed by atoms with Gasteiger partial charge in [-0.15, -0.1) is 0 Å². The maximum Gasteiger partial charge on any atom is 0.326 e. The summed E-state index contributed by atoms with van der Waals surface area (Å²) in [4.78, 5) is 60.0. The van der Waals surface area contributed by atoms with E-state index in [1.54, 1.807) is 41.5 Å².